The molecule has 200 valence electrons. The zero-order valence-corrected chi connectivity index (χ0v) is 21.3. The van der Waals surface area contributed by atoms with Crippen LogP contribution in [0.25, 0.3) is 11.4 Å². The van der Waals surface area contributed by atoms with E-state index in [0.717, 1.165) is 12.8 Å². The minimum atomic E-state index is -0.959. The van der Waals surface area contributed by atoms with Gasteiger partial charge in [0.25, 0.3) is 0 Å². The molecule has 2 heterocycles. The fourth-order valence-electron chi connectivity index (χ4n) is 4.62. The molecule has 38 heavy (non-hydrogen) atoms. The molecule has 11 nitrogen and oxygen atoms in total. The van der Waals surface area contributed by atoms with Gasteiger partial charge in [0.15, 0.2) is 11.5 Å². The van der Waals surface area contributed by atoms with E-state index in [-0.39, 0.29) is 23.0 Å². The van der Waals surface area contributed by atoms with Crippen LogP contribution in [0.3, 0.4) is 0 Å². The van der Waals surface area contributed by atoms with Crippen molar-refractivity contribution in [3.05, 3.63) is 53.5 Å². The van der Waals surface area contributed by atoms with Gasteiger partial charge in [0.05, 0.1) is 28.9 Å². The van der Waals surface area contributed by atoms with Crippen molar-refractivity contribution in [2.75, 3.05) is 10.6 Å². The van der Waals surface area contributed by atoms with Crippen molar-refractivity contribution in [3.8, 4) is 11.4 Å². The average molecular weight is 525 g/mol. The molecule has 3 aromatic rings. The fraction of sp³-hybridized carbons (Fsp3) is 0.385. The summed E-state index contributed by atoms with van der Waals surface area (Å²) in [7, 11) is 1.58. The van der Waals surface area contributed by atoms with Gasteiger partial charge >= 0.3 is 12.1 Å². The van der Waals surface area contributed by atoms with Gasteiger partial charge in [0, 0.05) is 12.6 Å². The van der Waals surface area contributed by atoms with E-state index in [9.17, 15) is 23.9 Å². The van der Waals surface area contributed by atoms with Crippen molar-refractivity contribution in [1.82, 2.24) is 20.0 Å². The molecule has 0 spiro atoms. The number of halogens is 1. The number of aryl methyl sites for hydroxylation is 2. The Labute approximate surface area is 218 Å². The highest BCUT2D eigenvalue weighted by Crippen LogP contribution is 2.32. The molecule has 1 fully saturated rings. The molecule has 0 aliphatic heterocycles. The lowest BCUT2D eigenvalue weighted by Gasteiger charge is -2.27. The van der Waals surface area contributed by atoms with Crippen molar-refractivity contribution in [3.63, 3.8) is 0 Å². The standard InChI is InChI=1S/C26H29FN6O5/c1-14-20(29-24(34)17-9-4-5-10-18(17)25(35)36)12-13-21(28-14)22-23(33(3)32-31-22)30-26(37)38-15(2)16-8-6-7-11-19(16)27/h6-8,11-13,15,17-18H,4-5,9-10H2,1-3H3,(H,29,34)(H,30,37)(H,35,36)/t15?,17-,18-/m0/s1. The van der Waals surface area contributed by atoms with Crippen LogP contribution in [0.4, 0.5) is 20.7 Å². The molecule has 3 atom stereocenters. The quantitative estimate of drug-likeness (QED) is 0.410. The molecule has 12 heteroatoms. The van der Waals surface area contributed by atoms with Gasteiger partial charge in [0.2, 0.25) is 5.91 Å². The number of pyridine rings is 1. The van der Waals surface area contributed by atoms with Gasteiger partial charge < -0.3 is 15.2 Å². The van der Waals surface area contributed by atoms with Crippen molar-refractivity contribution >= 4 is 29.5 Å². The van der Waals surface area contributed by atoms with Crippen LogP contribution in [-0.2, 0) is 21.4 Å². The number of benzene rings is 1. The van der Waals surface area contributed by atoms with Crippen molar-refractivity contribution in [2.24, 2.45) is 18.9 Å². The summed E-state index contributed by atoms with van der Waals surface area (Å²) in [5.74, 6) is -2.88. The SMILES string of the molecule is Cc1nc(-c2nnn(C)c2NC(=O)OC(C)c2ccccc2F)ccc1NC(=O)[C@H]1CCCC[C@@H]1C(=O)O. The molecule has 0 radical (unpaired) electrons. The van der Waals surface area contributed by atoms with Gasteiger partial charge in [-0.3, -0.25) is 14.9 Å². The third-order valence-corrected chi connectivity index (χ3v) is 6.68. The van der Waals surface area contributed by atoms with Gasteiger partial charge in [-0.2, -0.15) is 0 Å². The number of aliphatic carboxylic acids is 1. The lowest BCUT2D eigenvalue weighted by Crippen LogP contribution is -2.36. The maximum atomic E-state index is 14.0. The Hall–Kier alpha value is -4.35. The molecule has 2 amide bonds. The number of nitrogens with zero attached hydrogens (tertiary/aromatic N) is 4. The minimum Gasteiger partial charge on any atom is -0.481 e. The average Bonchev–Trinajstić information content (AvgIpc) is 3.24. The van der Waals surface area contributed by atoms with Crippen molar-refractivity contribution < 1.29 is 28.6 Å². The summed E-state index contributed by atoms with van der Waals surface area (Å²) in [6.07, 6.45) is 0.936. The Kier molecular flexibility index (Phi) is 7.99. The summed E-state index contributed by atoms with van der Waals surface area (Å²) in [4.78, 5) is 41.5. The highest BCUT2D eigenvalue weighted by atomic mass is 19.1. The largest absolute Gasteiger partial charge is 0.481 e. The molecule has 1 saturated carbocycles. The molecule has 2 aromatic heterocycles. The second kappa shape index (κ2) is 11.4. The number of carbonyl (C=O) groups is 3. The first-order chi connectivity index (χ1) is 18.2. The first-order valence-corrected chi connectivity index (χ1v) is 12.3. The molecule has 1 aromatic carbocycles. The predicted octanol–water partition coefficient (Wildman–Crippen LogP) is 4.46. The van der Waals surface area contributed by atoms with E-state index < -0.39 is 35.8 Å². The molecule has 4 rings (SSSR count). The van der Waals surface area contributed by atoms with Crippen LogP contribution < -0.4 is 10.6 Å². The first-order valence-electron chi connectivity index (χ1n) is 12.3. The van der Waals surface area contributed by atoms with Crippen LogP contribution >= 0.6 is 0 Å². The molecule has 1 aliphatic rings. The number of hydrogen-bond acceptors (Lipinski definition) is 7. The summed E-state index contributed by atoms with van der Waals surface area (Å²) >= 11 is 0. The molecule has 0 bridgehead atoms. The van der Waals surface area contributed by atoms with Gasteiger partial charge in [-0.15, -0.1) is 5.10 Å². The Morgan fingerprint density at radius 2 is 1.82 bits per heavy atom. The third-order valence-electron chi connectivity index (χ3n) is 6.68. The predicted molar refractivity (Wildman–Crippen MR) is 136 cm³/mol. The second-order valence-corrected chi connectivity index (χ2v) is 9.26. The van der Waals surface area contributed by atoms with Crippen LogP contribution in [0.15, 0.2) is 36.4 Å². The number of anilines is 2. The zero-order valence-electron chi connectivity index (χ0n) is 21.3. The number of hydrogen-bond donors (Lipinski definition) is 3. The Morgan fingerprint density at radius 1 is 1.11 bits per heavy atom. The van der Waals surface area contributed by atoms with Crippen LogP contribution in [0.5, 0.6) is 0 Å². The van der Waals surface area contributed by atoms with Crippen LogP contribution in [-0.4, -0.2) is 43.1 Å². The smallest absolute Gasteiger partial charge is 0.413 e. The van der Waals surface area contributed by atoms with Crippen LogP contribution in [0.1, 0.15) is 50.0 Å². The van der Waals surface area contributed by atoms with E-state index in [2.05, 4.69) is 25.9 Å². The van der Waals surface area contributed by atoms with E-state index in [4.69, 9.17) is 4.74 Å². The highest BCUT2D eigenvalue weighted by molar-refractivity contribution is 5.96. The topological polar surface area (TPSA) is 148 Å². The molecular weight excluding hydrogens is 495 g/mol. The maximum Gasteiger partial charge on any atom is 0.413 e. The summed E-state index contributed by atoms with van der Waals surface area (Å²) in [5, 5.41) is 22.9. The van der Waals surface area contributed by atoms with Crippen molar-refractivity contribution in [1.29, 1.82) is 0 Å². The number of carboxylic acid groups (broad SMARTS) is 1. The van der Waals surface area contributed by atoms with Gasteiger partial charge in [-0.1, -0.05) is 36.3 Å². The van der Waals surface area contributed by atoms with Crippen LogP contribution in [0.2, 0.25) is 0 Å². The normalized spacial score (nSPS) is 17.9. The van der Waals surface area contributed by atoms with E-state index >= 15 is 0 Å². The molecule has 0 saturated heterocycles. The number of nitrogens with one attached hydrogen (secondary N) is 2. The number of rotatable bonds is 7. The first kappa shape index (κ1) is 26.7. The minimum absolute atomic E-state index is 0.214. The third kappa shape index (κ3) is 5.79. The number of aromatic nitrogens is 4. The maximum absolute atomic E-state index is 14.0. The van der Waals surface area contributed by atoms with Crippen LogP contribution in [0, 0.1) is 24.6 Å². The second-order valence-electron chi connectivity index (χ2n) is 9.26. The molecule has 3 N–H and O–H groups in total. The van der Waals surface area contributed by atoms with E-state index in [1.165, 1.54) is 16.8 Å². The fourth-order valence-corrected chi connectivity index (χ4v) is 4.62. The number of ether oxygens (including phenoxy) is 1. The molecule has 1 aliphatic carbocycles. The van der Waals surface area contributed by atoms with E-state index in [0.29, 0.717) is 29.9 Å². The Balaban J connectivity index is 1.47. The summed E-state index contributed by atoms with van der Waals surface area (Å²) < 4.78 is 20.7. The van der Waals surface area contributed by atoms with E-state index in [1.807, 2.05) is 0 Å². The Bertz CT molecular complexity index is 1360. The van der Waals surface area contributed by atoms with Gasteiger partial charge in [-0.05, 0) is 44.9 Å². The van der Waals surface area contributed by atoms with Gasteiger partial charge in [-0.25, -0.2) is 18.9 Å². The Morgan fingerprint density at radius 3 is 2.50 bits per heavy atom. The lowest BCUT2D eigenvalue weighted by molar-refractivity contribution is -0.147. The number of carboxylic acids is 1. The highest BCUT2D eigenvalue weighted by Gasteiger charge is 2.36. The summed E-state index contributed by atoms with van der Waals surface area (Å²) in [5.41, 5.74) is 1.81. The van der Waals surface area contributed by atoms with Crippen molar-refractivity contribution in [2.45, 2.75) is 45.6 Å². The molecular formula is C26H29FN6O5. The number of amides is 2. The zero-order chi connectivity index (χ0) is 27.4. The molecule has 1 unspecified atom stereocenters. The summed E-state index contributed by atoms with van der Waals surface area (Å²) in [6, 6.07) is 9.28. The summed E-state index contributed by atoms with van der Waals surface area (Å²) in [6.45, 7) is 3.26. The number of carbonyl (C=O) groups excluding carboxylic acids is 2. The van der Waals surface area contributed by atoms with Gasteiger partial charge in [0.1, 0.15) is 11.9 Å². The lowest BCUT2D eigenvalue weighted by atomic mass is 9.78. The monoisotopic (exact) mass is 524 g/mol. The van der Waals surface area contributed by atoms with E-state index in [1.54, 1.807) is 45.2 Å².